The lowest BCUT2D eigenvalue weighted by Gasteiger charge is -2.24. The molecule has 3 heteroatoms. The van der Waals surface area contributed by atoms with Crippen molar-refractivity contribution in [2.45, 2.75) is 32.0 Å². The molecular weight excluding hydrogens is 236 g/mol. The molecule has 2 unspecified atom stereocenters. The standard InChI is InChI=1S/C14H13ClO2/c1-8(16)10-7-13(2)9-5-4-6-11(15)12(9)14(10,3)17-13/h4-7H,1-3H3. The van der Waals surface area contributed by atoms with Crippen LogP contribution in [-0.2, 0) is 20.7 Å². The Kier molecular flexibility index (Phi) is 1.94. The SMILES string of the molecule is CC(=O)C1=CC2(C)OC1(C)c1c(Cl)cccc12. The van der Waals surface area contributed by atoms with Gasteiger partial charge in [-0.25, -0.2) is 0 Å². The number of ketones is 1. The molecule has 17 heavy (non-hydrogen) atoms. The van der Waals surface area contributed by atoms with Gasteiger partial charge in [0.1, 0.15) is 11.2 Å². The van der Waals surface area contributed by atoms with Crippen molar-refractivity contribution in [3.8, 4) is 0 Å². The summed E-state index contributed by atoms with van der Waals surface area (Å²) >= 11 is 6.27. The molecule has 1 aromatic carbocycles. The highest BCUT2D eigenvalue weighted by Crippen LogP contribution is 2.58. The fourth-order valence-corrected chi connectivity index (χ4v) is 3.46. The van der Waals surface area contributed by atoms with Crippen molar-refractivity contribution in [3.63, 3.8) is 0 Å². The first-order valence-electron chi connectivity index (χ1n) is 5.62. The average molecular weight is 249 g/mol. The number of ether oxygens (including phenoxy) is 1. The lowest BCUT2D eigenvalue weighted by atomic mass is 9.77. The van der Waals surface area contributed by atoms with Crippen LogP contribution >= 0.6 is 11.6 Å². The van der Waals surface area contributed by atoms with Crippen LogP contribution in [0, 0.1) is 0 Å². The zero-order valence-electron chi connectivity index (χ0n) is 10.0. The number of hydrogen-bond acceptors (Lipinski definition) is 2. The summed E-state index contributed by atoms with van der Waals surface area (Å²) in [6.45, 7) is 5.47. The van der Waals surface area contributed by atoms with Crippen molar-refractivity contribution >= 4 is 17.4 Å². The van der Waals surface area contributed by atoms with E-state index in [1.807, 2.05) is 38.1 Å². The molecule has 0 saturated heterocycles. The first-order valence-corrected chi connectivity index (χ1v) is 6.00. The smallest absolute Gasteiger partial charge is 0.158 e. The zero-order chi connectivity index (χ0) is 12.4. The van der Waals surface area contributed by atoms with Crippen LogP contribution < -0.4 is 0 Å². The van der Waals surface area contributed by atoms with Gasteiger partial charge in [0.25, 0.3) is 0 Å². The molecule has 2 nitrogen and oxygen atoms in total. The second kappa shape index (κ2) is 3.01. The molecule has 88 valence electrons. The summed E-state index contributed by atoms with van der Waals surface area (Å²) in [5.41, 5.74) is 1.51. The van der Waals surface area contributed by atoms with Gasteiger partial charge in [-0.05, 0) is 38.5 Å². The minimum Gasteiger partial charge on any atom is -0.351 e. The molecule has 2 bridgehead atoms. The maximum absolute atomic E-state index is 11.7. The molecule has 2 aliphatic heterocycles. The van der Waals surface area contributed by atoms with E-state index in [2.05, 4.69) is 0 Å². The molecule has 2 atom stereocenters. The largest absolute Gasteiger partial charge is 0.351 e. The second-order valence-corrected chi connectivity index (χ2v) is 5.43. The molecule has 0 radical (unpaired) electrons. The highest BCUT2D eigenvalue weighted by atomic mass is 35.5. The highest BCUT2D eigenvalue weighted by Gasteiger charge is 2.57. The molecule has 0 aromatic heterocycles. The zero-order valence-corrected chi connectivity index (χ0v) is 10.8. The van der Waals surface area contributed by atoms with Crippen molar-refractivity contribution in [3.05, 3.63) is 46.0 Å². The Bertz CT molecular complexity index is 576. The van der Waals surface area contributed by atoms with E-state index in [9.17, 15) is 4.79 Å². The molecule has 3 rings (SSSR count). The quantitative estimate of drug-likeness (QED) is 0.762. The van der Waals surface area contributed by atoms with Gasteiger partial charge in [-0.2, -0.15) is 0 Å². The normalized spacial score (nSPS) is 33.5. The van der Waals surface area contributed by atoms with Crippen molar-refractivity contribution in [1.82, 2.24) is 0 Å². The van der Waals surface area contributed by atoms with E-state index in [1.54, 1.807) is 6.92 Å². The Morgan fingerprint density at radius 2 is 2.06 bits per heavy atom. The van der Waals surface area contributed by atoms with Crippen molar-refractivity contribution in [2.24, 2.45) is 0 Å². The predicted octanol–water partition coefficient (Wildman–Crippen LogP) is 3.33. The molecule has 1 aromatic rings. The molecule has 0 aliphatic carbocycles. The number of hydrogen-bond donors (Lipinski definition) is 0. The summed E-state index contributed by atoms with van der Waals surface area (Å²) in [7, 11) is 0. The second-order valence-electron chi connectivity index (χ2n) is 5.02. The van der Waals surface area contributed by atoms with Gasteiger partial charge < -0.3 is 4.74 Å². The van der Waals surface area contributed by atoms with Crippen LogP contribution in [0.2, 0.25) is 5.02 Å². The van der Waals surface area contributed by atoms with Gasteiger partial charge in [0.15, 0.2) is 5.78 Å². The molecule has 0 fully saturated rings. The van der Waals surface area contributed by atoms with Crippen LogP contribution in [0.25, 0.3) is 0 Å². The van der Waals surface area contributed by atoms with Crippen LogP contribution in [0.5, 0.6) is 0 Å². The third-order valence-electron chi connectivity index (χ3n) is 3.75. The maximum atomic E-state index is 11.7. The summed E-state index contributed by atoms with van der Waals surface area (Å²) in [4.78, 5) is 11.7. The minimum atomic E-state index is -0.686. The van der Waals surface area contributed by atoms with Crippen molar-refractivity contribution < 1.29 is 9.53 Å². The van der Waals surface area contributed by atoms with Gasteiger partial charge in [0.05, 0.1) is 0 Å². The average Bonchev–Trinajstić information content (AvgIpc) is 2.63. The van der Waals surface area contributed by atoms with Crippen LogP contribution in [0.3, 0.4) is 0 Å². The van der Waals surface area contributed by atoms with Crippen molar-refractivity contribution in [1.29, 1.82) is 0 Å². The molecule has 0 N–H and O–H groups in total. The van der Waals surface area contributed by atoms with Crippen LogP contribution in [0.15, 0.2) is 29.8 Å². The van der Waals surface area contributed by atoms with Gasteiger partial charge in [-0.3, -0.25) is 4.79 Å². The predicted molar refractivity (Wildman–Crippen MR) is 66.0 cm³/mol. The number of benzene rings is 1. The number of halogens is 1. The molecule has 0 saturated carbocycles. The van der Waals surface area contributed by atoms with Gasteiger partial charge in [-0.1, -0.05) is 23.7 Å². The van der Waals surface area contributed by atoms with E-state index < -0.39 is 11.2 Å². The fraction of sp³-hybridized carbons (Fsp3) is 0.357. The van der Waals surface area contributed by atoms with Gasteiger partial charge in [0.2, 0.25) is 0 Å². The first kappa shape index (κ1) is 11.0. The third kappa shape index (κ3) is 1.17. The van der Waals surface area contributed by atoms with E-state index in [1.165, 1.54) is 0 Å². The summed E-state index contributed by atoms with van der Waals surface area (Å²) in [6, 6.07) is 5.78. The van der Waals surface area contributed by atoms with E-state index in [-0.39, 0.29) is 5.78 Å². The Morgan fingerprint density at radius 3 is 2.71 bits per heavy atom. The number of carbonyl (C=O) groups is 1. The Balaban J connectivity index is 2.34. The molecular formula is C14H13ClO2. The number of fused-ring (bicyclic) bond motifs is 5. The fourth-order valence-electron chi connectivity index (χ4n) is 3.10. The Labute approximate surface area is 105 Å². The molecule has 0 spiro atoms. The van der Waals surface area contributed by atoms with Gasteiger partial charge in [-0.15, -0.1) is 0 Å². The van der Waals surface area contributed by atoms with E-state index in [0.29, 0.717) is 10.6 Å². The Hall–Kier alpha value is -1.12. The number of carbonyl (C=O) groups excluding carboxylic acids is 1. The molecule has 2 aliphatic rings. The monoisotopic (exact) mass is 248 g/mol. The summed E-state index contributed by atoms with van der Waals surface area (Å²) in [6.07, 6.45) is 1.92. The summed E-state index contributed by atoms with van der Waals surface area (Å²) in [5, 5.41) is 0.667. The highest BCUT2D eigenvalue weighted by molar-refractivity contribution is 6.31. The van der Waals surface area contributed by atoms with E-state index in [4.69, 9.17) is 16.3 Å². The first-order chi connectivity index (χ1) is 7.88. The van der Waals surface area contributed by atoms with Gasteiger partial charge >= 0.3 is 0 Å². The lowest BCUT2D eigenvalue weighted by Crippen LogP contribution is -2.25. The topological polar surface area (TPSA) is 26.3 Å². The van der Waals surface area contributed by atoms with Crippen LogP contribution in [-0.4, -0.2) is 5.78 Å². The molecule has 2 heterocycles. The Morgan fingerprint density at radius 1 is 1.35 bits per heavy atom. The third-order valence-corrected chi connectivity index (χ3v) is 4.07. The van der Waals surface area contributed by atoms with Crippen LogP contribution in [0.4, 0.5) is 0 Å². The summed E-state index contributed by atoms with van der Waals surface area (Å²) < 4.78 is 6.07. The lowest BCUT2D eigenvalue weighted by molar-refractivity contribution is -0.117. The van der Waals surface area contributed by atoms with Crippen LogP contribution in [0.1, 0.15) is 31.9 Å². The number of rotatable bonds is 1. The molecule has 0 amide bonds. The summed E-state index contributed by atoms with van der Waals surface area (Å²) in [5.74, 6) is 0.0433. The minimum absolute atomic E-state index is 0.0433. The van der Waals surface area contributed by atoms with E-state index >= 15 is 0 Å². The maximum Gasteiger partial charge on any atom is 0.158 e. The van der Waals surface area contributed by atoms with Crippen molar-refractivity contribution in [2.75, 3.05) is 0 Å². The van der Waals surface area contributed by atoms with E-state index in [0.717, 1.165) is 11.1 Å². The number of Topliss-reactive ketones (excluding diaryl/α,β-unsaturated/α-hetero) is 1. The van der Waals surface area contributed by atoms with Gasteiger partial charge in [0, 0.05) is 16.2 Å².